The molecule has 24 heavy (non-hydrogen) atoms. The number of carbonyl (C=O) groups excluding carboxylic acids is 2. The first kappa shape index (κ1) is 13.1. The topological polar surface area (TPSA) is 65.7 Å². The Kier molecular flexibility index (Phi) is 2.48. The lowest BCUT2D eigenvalue weighted by atomic mass is 9.89. The second-order valence-corrected chi connectivity index (χ2v) is 5.92. The highest BCUT2D eigenvalue weighted by atomic mass is 16.2. The van der Waals surface area contributed by atoms with Gasteiger partial charge < -0.3 is 9.97 Å². The molecular weight excluding hydrogens is 300 g/mol. The molecule has 2 N–H and O–H groups in total. The molecular formula is C20H12N2O2. The summed E-state index contributed by atoms with van der Waals surface area (Å²) in [6.45, 7) is 0. The van der Waals surface area contributed by atoms with Crippen LogP contribution in [0.15, 0.2) is 60.8 Å². The van der Waals surface area contributed by atoms with Crippen molar-refractivity contribution in [3.63, 3.8) is 0 Å². The van der Waals surface area contributed by atoms with Gasteiger partial charge in [0.2, 0.25) is 11.6 Å². The number of nitrogens with one attached hydrogen (secondary N) is 2. The number of allylic oxidation sites excluding steroid dienone is 1. The Morgan fingerprint density at radius 3 is 2.33 bits per heavy atom. The minimum atomic E-state index is -0.479. The molecule has 1 aliphatic rings. The highest BCUT2D eigenvalue weighted by molar-refractivity contribution is 6.53. The number of benzene rings is 2. The van der Waals surface area contributed by atoms with E-state index in [0.717, 1.165) is 32.9 Å². The van der Waals surface area contributed by atoms with Gasteiger partial charge in [0.25, 0.3) is 0 Å². The molecule has 2 heterocycles. The zero-order chi connectivity index (χ0) is 16.3. The predicted molar refractivity (Wildman–Crippen MR) is 93.0 cm³/mol. The molecule has 4 aromatic rings. The Labute approximate surface area is 136 Å². The van der Waals surface area contributed by atoms with E-state index in [-0.39, 0.29) is 0 Å². The quantitative estimate of drug-likeness (QED) is 0.524. The molecule has 0 saturated carbocycles. The maximum absolute atomic E-state index is 12.4. The standard InChI is InChI=1S/C20H12N2O2/c23-17-9-13(14-10-21-15-7-3-1-5-11(14)15)19-18(20(17)24)12-6-2-4-8-16(12)22-19/h1-10,21-22H. The number of carbonyl (C=O) groups is 2. The summed E-state index contributed by atoms with van der Waals surface area (Å²) in [6, 6.07) is 15.5. The summed E-state index contributed by atoms with van der Waals surface area (Å²) in [4.78, 5) is 31.3. The molecule has 2 aromatic heterocycles. The molecule has 2 aromatic carbocycles. The Morgan fingerprint density at radius 2 is 1.50 bits per heavy atom. The first-order valence-corrected chi connectivity index (χ1v) is 7.72. The summed E-state index contributed by atoms with van der Waals surface area (Å²) in [5.74, 6) is -0.932. The molecule has 0 radical (unpaired) electrons. The van der Waals surface area contributed by atoms with Crippen LogP contribution in [0.25, 0.3) is 27.4 Å². The Balaban J connectivity index is 1.86. The van der Waals surface area contributed by atoms with Crippen molar-refractivity contribution in [3.05, 3.63) is 77.6 Å². The second kappa shape index (κ2) is 4.55. The van der Waals surface area contributed by atoms with Crippen LogP contribution < -0.4 is 0 Å². The Hall–Kier alpha value is -3.40. The van der Waals surface area contributed by atoms with Crippen LogP contribution in [-0.4, -0.2) is 21.5 Å². The van der Waals surface area contributed by atoms with Crippen LogP contribution in [-0.2, 0) is 4.79 Å². The molecule has 4 heteroatoms. The summed E-state index contributed by atoms with van der Waals surface area (Å²) < 4.78 is 0. The lowest BCUT2D eigenvalue weighted by Crippen LogP contribution is -2.18. The molecule has 0 bridgehead atoms. The number of aromatic nitrogens is 2. The highest BCUT2D eigenvalue weighted by Crippen LogP contribution is 2.37. The first-order chi connectivity index (χ1) is 11.7. The van der Waals surface area contributed by atoms with Gasteiger partial charge in [0, 0.05) is 39.1 Å². The number of aromatic amines is 2. The van der Waals surface area contributed by atoms with Gasteiger partial charge in [-0.3, -0.25) is 9.59 Å². The smallest absolute Gasteiger partial charge is 0.235 e. The first-order valence-electron chi connectivity index (χ1n) is 7.72. The third kappa shape index (κ3) is 1.62. The fourth-order valence-corrected chi connectivity index (χ4v) is 3.48. The highest BCUT2D eigenvalue weighted by Gasteiger charge is 2.31. The number of para-hydroxylation sites is 2. The molecule has 114 valence electrons. The molecule has 0 unspecified atom stereocenters. The van der Waals surface area contributed by atoms with Crippen LogP contribution in [0, 0.1) is 0 Å². The van der Waals surface area contributed by atoms with Crippen molar-refractivity contribution in [1.82, 2.24) is 9.97 Å². The number of ketones is 2. The molecule has 5 rings (SSSR count). The van der Waals surface area contributed by atoms with Crippen LogP contribution in [0.4, 0.5) is 0 Å². The van der Waals surface area contributed by atoms with Gasteiger partial charge >= 0.3 is 0 Å². The van der Waals surface area contributed by atoms with E-state index in [0.29, 0.717) is 11.3 Å². The van der Waals surface area contributed by atoms with Gasteiger partial charge in [-0.25, -0.2) is 0 Å². The fraction of sp³-hybridized carbons (Fsp3) is 0. The Bertz CT molecular complexity index is 1190. The van der Waals surface area contributed by atoms with E-state index in [9.17, 15) is 9.59 Å². The van der Waals surface area contributed by atoms with Crippen molar-refractivity contribution in [2.75, 3.05) is 0 Å². The number of hydrogen-bond donors (Lipinski definition) is 2. The lowest BCUT2D eigenvalue weighted by Gasteiger charge is -2.12. The van der Waals surface area contributed by atoms with Crippen molar-refractivity contribution in [1.29, 1.82) is 0 Å². The van der Waals surface area contributed by atoms with E-state index < -0.39 is 11.6 Å². The van der Waals surface area contributed by atoms with Gasteiger partial charge in [-0.2, -0.15) is 0 Å². The third-order valence-corrected chi connectivity index (χ3v) is 4.58. The maximum atomic E-state index is 12.4. The average Bonchev–Trinajstić information content (AvgIpc) is 3.20. The average molecular weight is 312 g/mol. The van der Waals surface area contributed by atoms with Crippen molar-refractivity contribution in [2.45, 2.75) is 0 Å². The van der Waals surface area contributed by atoms with Crippen LogP contribution in [0.2, 0.25) is 0 Å². The Morgan fingerprint density at radius 1 is 0.792 bits per heavy atom. The number of rotatable bonds is 1. The van der Waals surface area contributed by atoms with Crippen LogP contribution in [0.1, 0.15) is 21.6 Å². The van der Waals surface area contributed by atoms with E-state index in [1.54, 1.807) is 0 Å². The summed E-state index contributed by atoms with van der Waals surface area (Å²) >= 11 is 0. The van der Waals surface area contributed by atoms with E-state index in [4.69, 9.17) is 0 Å². The molecule has 0 spiro atoms. The van der Waals surface area contributed by atoms with E-state index in [1.165, 1.54) is 6.08 Å². The molecule has 0 aliphatic heterocycles. The zero-order valence-electron chi connectivity index (χ0n) is 12.6. The molecule has 0 atom stereocenters. The van der Waals surface area contributed by atoms with Gasteiger partial charge in [-0.05, 0) is 18.2 Å². The lowest BCUT2D eigenvalue weighted by molar-refractivity contribution is -0.110. The van der Waals surface area contributed by atoms with Crippen LogP contribution in [0.3, 0.4) is 0 Å². The number of hydrogen-bond acceptors (Lipinski definition) is 2. The maximum Gasteiger partial charge on any atom is 0.235 e. The summed E-state index contributed by atoms with van der Waals surface area (Å²) in [6.07, 6.45) is 3.32. The van der Waals surface area contributed by atoms with E-state index in [2.05, 4.69) is 9.97 Å². The van der Waals surface area contributed by atoms with Crippen molar-refractivity contribution in [2.24, 2.45) is 0 Å². The predicted octanol–water partition coefficient (Wildman–Crippen LogP) is 3.85. The minimum absolute atomic E-state index is 0.453. The summed E-state index contributed by atoms with van der Waals surface area (Å²) in [5.41, 5.74) is 4.71. The number of H-pyrrole nitrogens is 2. The SMILES string of the molecule is O=C1C=C(c2c[nH]c3ccccc23)c2[nH]c3ccccc3c2C1=O. The summed E-state index contributed by atoms with van der Waals surface area (Å²) in [7, 11) is 0. The normalized spacial score (nSPS) is 14.2. The van der Waals surface area contributed by atoms with Crippen LogP contribution in [0.5, 0.6) is 0 Å². The summed E-state index contributed by atoms with van der Waals surface area (Å²) in [5, 5.41) is 1.81. The van der Waals surface area contributed by atoms with Gasteiger partial charge in [-0.1, -0.05) is 36.4 Å². The fourth-order valence-electron chi connectivity index (χ4n) is 3.48. The third-order valence-electron chi connectivity index (χ3n) is 4.58. The largest absolute Gasteiger partial charge is 0.361 e. The second-order valence-electron chi connectivity index (χ2n) is 5.92. The van der Waals surface area contributed by atoms with E-state index in [1.807, 2.05) is 54.7 Å². The van der Waals surface area contributed by atoms with Gasteiger partial charge in [-0.15, -0.1) is 0 Å². The zero-order valence-corrected chi connectivity index (χ0v) is 12.6. The molecule has 0 saturated heterocycles. The van der Waals surface area contributed by atoms with Crippen molar-refractivity contribution in [3.8, 4) is 0 Å². The minimum Gasteiger partial charge on any atom is -0.361 e. The molecule has 1 aliphatic carbocycles. The van der Waals surface area contributed by atoms with E-state index >= 15 is 0 Å². The van der Waals surface area contributed by atoms with Gasteiger partial charge in [0.1, 0.15) is 0 Å². The van der Waals surface area contributed by atoms with Crippen LogP contribution >= 0.6 is 0 Å². The molecule has 4 nitrogen and oxygen atoms in total. The van der Waals surface area contributed by atoms with Gasteiger partial charge in [0.05, 0.1) is 11.3 Å². The number of Topliss-reactive ketones (excluding diaryl/α,β-unsaturated/α-hetero) is 1. The number of fused-ring (bicyclic) bond motifs is 4. The monoisotopic (exact) mass is 312 g/mol. The van der Waals surface area contributed by atoms with Crippen molar-refractivity contribution < 1.29 is 9.59 Å². The molecule has 0 amide bonds. The van der Waals surface area contributed by atoms with Gasteiger partial charge in [0.15, 0.2) is 0 Å². The van der Waals surface area contributed by atoms with Crippen molar-refractivity contribution >= 4 is 38.9 Å². The molecule has 0 fully saturated rings.